The molecule has 2 heteroatoms. The van der Waals surface area contributed by atoms with Crippen molar-refractivity contribution in [1.82, 2.24) is 0 Å². The smallest absolute Gasteiger partial charge is 0.0615 e. The monoisotopic (exact) mass is 260 g/mol. The lowest BCUT2D eigenvalue weighted by molar-refractivity contribution is 0.0682. The van der Waals surface area contributed by atoms with E-state index in [2.05, 4.69) is 13.8 Å². The van der Waals surface area contributed by atoms with Crippen LogP contribution in [0.25, 0.3) is 0 Å². The van der Waals surface area contributed by atoms with E-state index in [4.69, 9.17) is 16.3 Å². The van der Waals surface area contributed by atoms with Crippen molar-refractivity contribution in [3.63, 3.8) is 0 Å². The lowest BCUT2D eigenvalue weighted by atomic mass is 9.79. The summed E-state index contributed by atoms with van der Waals surface area (Å²) in [6.07, 6.45) is 12.4. The Balaban J connectivity index is 2.08. The molecule has 2 atom stereocenters. The summed E-state index contributed by atoms with van der Waals surface area (Å²) in [5, 5.41) is 0. The molecule has 1 saturated heterocycles. The van der Waals surface area contributed by atoms with Gasteiger partial charge in [0.15, 0.2) is 0 Å². The third-order valence-corrected chi connectivity index (χ3v) is 4.91. The first-order valence-corrected chi connectivity index (χ1v) is 7.96. The van der Waals surface area contributed by atoms with Crippen molar-refractivity contribution in [3.8, 4) is 0 Å². The second-order valence-electron chi connectivity index (χ2n) is 5.63. The Hall–Kier alpha value is 0.250. The number of halogens is 1. The van der Waals surface area contributed by atoms with Gasteiger partial charge in [0.25, 0.3) is 0 Å². The van der Waals surface area contributed by atoms with E-state index in [1.54, 1.807) is 0 Å². The first-order valence-electron chi connectivity index (χ1n) is 7.43. The summed E-state index contributed by atoms with van der Waals surface area (Å²) in [4.78, 5) is 0. The molecule has 1 rings (SSSR count). The third-order valence-electron chi connectivity index (χ3n) is 4.37. The van der Waals surface area contributed by atoms with Gasteiger partial charge < -0.3 is 4.74 Å². The fourth-order valence-corrected chi connectivity index (χ4v) is 3.31. The molecule has 0 aliphatic carbocycles. The molecule has 1 aliphatic heterocycles. The van der Waals surface area contributed by atoms with Crippen LogP contribution in [0.3, 0.4) is 0 Å². The zero-order valence-electron chi connectivity index (χ0n) is 11.6. The molecule has 0 saturated carbocycles. The maximum atomic E-state index is 6.16. The van der Waals surface area contributed by atoms with Crippen LogP contribution in [0.1, 0.15) is 71.6 Å². The minimum atomic E-state index is 0.283. The molecule has 1 heterocycles. The van der Waals surface area contributed by atoms with Crippen LogP contribution < -0.4 is 0 Å². The number of hydrogen-bond donors (Lipinski definition) is 0. The number of rotatable bonds is 9. The molecule has 0 aromatic heterocycles. The van der Waals surface area contributed by atoms with Crippen molar-refractivity contribution in [3.05, 3.63) is 0 Å². The summed E-state index contributed by atoms with van der Waals surface area (Å²) >= 11 is 6.16. The highest BCUT2D eigenvalue weighted by Crippen LogP contribution is 2.40. The Morgan fingerprint density at radius 3 is 2.29 bits per heavy atom. The molecule has 0 aromatic carbocycles. The molecule has 17 heavy (non-hydrogen) atoms. The van der Waals surface area contributed by atoms with E-state index in [0.717, 1.165) is 18.9 Å². The highest BCUT2D eigenvalue weighted by Gasteiger charge is 2.39. The van der Waals surface area contributed by atoms with Crippen LogP contribution in [0, 0.1) is 5.41 Å². The fourth-order valence-electron chi connectivity index (χ4n) is 2.82. The van der Waals surface area contributed by atoms with E-state index in [9.17, 15) is 0 Å². The van der Waals surface area contributed by atoms with Crippen LogP contribution in [0.4, 0.5) is 0 Å². The second-order valence-corrected chi connectivity index (χ2v) is 5.90. The van der Waals surface area contributed by atoms with Crippen LogP contribution in [0.15, 0.2) is 0 Å². The zero-order chi connectivity index (χ0) is 12.6. The third kappa shape index (κ3) is 4.79. The van der Waals surface area contributed by atoms with Crippen molar-refractivity contribution < 1.29 is 4.74 Å². The molecule has 0 N–H and O–H groups in total. The van der Waals surface area contributed by atoms with Gasteiger partial charge in [-0.05, 0) is 19.8 Å². The minimum absolute atomic E-state index is 0.283. The molecule has 0 aromatic rings. The largest absolute Gasteiger partial charge is 0.378 e. The number of ether oxygens (including phenoxy) is 1. The Labute approximate surface area is 112 Å². The van der Waals surface area contributed by atoms with Crippen molar-refractivity contribution in [2.24, 2.45) is 5.41 Å². The van der Waals surface area contributed by atoms with Gasteiger partial charge in [0, 0.05) is 17.9 Å². The SMILES string of the molecule is CCCCCCCCCC1(CCl)CCOC1C. The van der Waals surface area contributed by atoms with E-state index in [-0.39, 0.29) is 5.41 Å². The zero-order valence-corrected chi connectivity index (χ0v) is 12.4. The van der Waals surface area contributed by atoms with Gasteiger partial charge in [-0.3, -0.25) is 0 Å². The standard InChI is InChI=1S/C15H29ClO/c1-3-4-5-6-7-8-9-10-15(13-16)11-12-17-14(15)2/h14H,3-13H2,1-2H3. The normalized spacial score (nSPS) is 28.8. The van der Waals surface area contributed by atoms with Crippen LogP contribution in [0.2, 0.25) is 0 Å². The van der Waals surface area contributed by atoms with Crippen LogP contribution in [-0.4, -0.2) is 18.6 Å². The summed E-state index contributed by atoms with van der Waals surface area (Å²) in [6, 6.07) is 0. The van der Waals surface area contributed by atoms with E-state index in [1.165, 1.54) is 51.4 Å². The molecule has 0 bridgehead atoms. The average molecular weight is 261 g/mol. The van der Waals surface area contributed by atoms with Crippen LogP contribution in [0.5, 0.6) is 0 Å². The van der Waals surface area contributed by atoms with E-state index >= 15 is 0 Å². The maximum absolute atomic E-state index is 6.16. The van der Waals surface area contributed by atoms with Crippen molar-refractivity contribution in [2.45, 2.75) is 77.7 Å². The molecule has 0 amide bonds. The average Bonchev–Trinajstić information content (AvgIpc) is 2.70. The molecule has 1 fully saturated rings. The van der Waals surface area contributed by atoms with Gasteiger partial charge in [-0.2, -0.15) is 0 Å². The summed E-state index contributed by atoms with van der Waals surface area (Å²) in [5.41, 5.74) is 0.283. The highest BCUT2D eigenvalue weighted by atomic mass is 35.5. The summed E-state index contributed by atoms with van der Waals surface area (Å²) in [5.74, 6) is 0.768. The Morgan fingerprint density at radius 2 is 1.76 bits per heavy atom. The van der Waals surface area contributed by atoms with E-state index in [1.807, 2.05) is 0 Å². The van der Waals surface area contributed by atoms with E-state index in [0.29, 0.717) is 6.10 Å². The highest BCUT2D eigenvalue weighted by molar-refractivity contribution is 6.18. The Bertz CT molecular complexity index is 195. The first-order chi connectivity index (χ1) is 8.25. The lowest BCUT2D eigenvalue weighted by Crippen LogP contribution is -2.30. The molecule has 2 unspecified atom stereocenters. The first kappa shape index (κ1) is 15.3. The molecule has 102 valence electrons. The van der Waals surface area contributed by atoms with E-state index < -0.39 is 0 Å². The number of alkyl halides is 1. The number of hydrogen-bond acceptors (Lipinski definition) is 1. The van der Waals surface area contributed by atoms with Crippen molar-refractivity contribution in [1.29, 1.82) is 0 Å². The van der Waals surface area contributed by atoms with Gasteiger partial charge in [0.1, 0.15) is 0 Å². The molecule has 1 aliphatic rings. The van der Waals surface area contributed by atoms with Gasteiger partial charge in [0.05, 0.1) is 6.10 Å². The van der Waals surface area contributed by atoms with Crippen molar-refractivity contribution in [2.75, 3.05) is 12.5 Å². The van der Waals surface area contributed by atoms with Gasteiger partial charge >= 0.3 is 0 Å². The molecular weight excluding hydrogens is 232 g/mol. The fraction of sp³-hybridized carbons (Fsp3) is 1.00. The maximum Gasteiger partial charge on any atom is 0.0615 e. The second kappa shape index (κ2) is 8.37. The molecule has 0 spiro atoms. The topological polar surface area (TPSA) is 9.23 Å². The van der Waals surface area contributed by atoms with Gasteiger partial charge in [0.2, 0.25) is 0 Å². The molecule has 1 nitrogen and oxygen atoms in total. The quantitative estimate of drug-likeness (QED) is 0.411. The van der Waals surface area contributed by atoms with Crippen LogP contribution in [-0.2, 0) is 4.74 Å². The number of unbranched alkanes of at least 4 members (excludes halogenated alkanes) is 6. The predicted molar refractivity (Wildman–Crippen MR) is 75.8 cm³/mol. The lowest BCUT2D eigenvalue weighted by Gasteiger charge is -2.29. The predicted octanol–water partition coefficient (Wildman–Crippen LogP) is 5.16. The molecular formula is C15H29ClO. The summed E-state index contributed by atoms with van der Waals surface area (Å²) in [6.45, 7) is 5.37. The van der Waals surface area contributed by atoms with Crippen LogP contribution >= 0.6 is 11.6 Å². The van der Waals surface area contributed by atoms with Gasteiger partial charge in [-0.15, -0.1) is 11.6 Å². The Kier molecular flexibility index (Phi) is 7.54. The Morgan fingerprint density at radius 1 is 1.12 bits per heavy atom. The summed E-state index contributed by atoms with van der Waals surface area (Å²) in [7, 11) is 0. The minimum Gasteiger partial charge on any atom is -0.378 e. The van der Waals surface area contributed by atoms with Crippen molar-refractivity contribution >= 4 is 11.6 Å². The van der Waals surface area contributed by atoms with Gasteiger partial charge in [-0.1, -0.05) is 51.9 Å². The van der Waals surface area contributed by atoms with Gasteiger partial charge in [-0.25, -0.2) is 0 Å². The molecule has 0 radical (unpaired) electrons. The summed E-state index contributed by atoms with van der Waals surface area (Å²) < 4.78 is 5.69.